The van der Waals surface area contributed by atoms with Crippen LogP contribution >= 0.6 is 11.6 Å². The molecular weight excluding hydrogens is 716 g/mol. The number of hydrogen-bond acceptors (Lipinski definition) is 7. The van der Waals surface area contributed by atoms with Crippen LogP contribution in [-0.2, 0) is 23.0 Å². The Morgan fingerprint density at radius 1 is 0.941 bits per heavy atom. The van der Waals surface area contributed by atoms with Gasteiger partial charge < -0.3 is 23.6 Å². The number of halogens is 3. The van der Waals surface area contributed by atoms with E-state index in [9.17, 15) is 22.3 Å². The Kier molecular flexibility index (Phi) is 10.9. The molecule has 51 heavy (non-hydrogen) atoms. The highest BCUT2D eigenvalue weighted by molar-refractivity contribution is 7.92. The lowest BCUT2D eigenvalue weighted by atomic mass is 10.0. The predicted octanol–water partition coefficient (Wildman–Crippen LogP) is 9.41. The quantitative estimate of drug-likeness (QED) is 0.0909. The number of anilines is 1. The normalized spacial score (nSPS) is 12.5. The highest BCUT2D eigenvalue weighted by Gasteiger charge is 2.48. The molecule has 2 heterocycles. The first-order valence-electron chi connectivity index (χ1n) is 16.6. The van der Waals surface area contributed by atoms with Crippen molar-refractivity contribution in [2.24, 2.45) is 0 Å². The molecule has 0 spiro atoms. The first-order chi connectivity index (χ1) is 23.9. The average molecular weight is 760 g/mol. The molecule has 5 aromatic rings. The molecule has 2 N–H and O–H groups in total. The smallest absolute Gasteiger partial charge is 0.258 e. The topological polar surface area (TPSA) is 112 Å². The van der Waals surface area contributed by atoms with Crippen LogP contribution in [0, 0.1) is 11.6 Å². The van der Waals surface area contributed by atoms with Crippen LogP contribution in [-0.4, -0.2) is 51.9 Å². The summed E-state index contributed by atoms with van der Waals surface area (Å²) in [5, 5.41) is 12.9. The highest BCUT2D eigenvalue weighted by Crippen LogP contribution is 2.51. The maximum atomic E-state index is 14.9. The summed E-state index contributed by atoms with van der Waals surface area (Å²) in [6.45, 7) is 13.0. The maximum Gasteiger partial charge on any atom is 0.258 e. The maximum absolute atomic E-state index is 14.9. The van der Waals surface area contributed by atoms with Gasteiger partial charge >= 0.3 is 0 Å². The number of methoxy groups -OCH3 is 2. The summed E-state index contributed by atoms with van der Waals surface area (Å²) in [4.78, 5) is 4.81. The number of nitrogens with one attached hydrogen (secondary N) is 1. The number of rotatable bonds is 13. The van der Waals surface area contributed by atoms with E-state index in [2.05, 4.69) is 46.3 Å². The SMILES string of the molecule is COc1ccc(Cn2cc3c(NS(C)(=O)=O)c4cc(Cc5cc(Cl)c(F)cc5F)cnc4c(O[Si](C(C)C)(C(C)C)C(C)C)c3c2O)c(OC)c1. The highest BCUT2D eigenvalue weighted by atomic mass is 35.5. The minimum Gasteiger partial charge on any atom is -0.541 e. The lowest BCUT2D eigenvalue weighted by molar-refractivity contribution is 0.387. The van der Waals surface area contributed by atoms with Crippen LogP contribution in [0.3, 0.4) is 0 Å². The number of ether oxygens (including phenoxy) is 2. The first-order valence-corrected chi connectivity index (χ1v) is 21.0. The number of pyridine rings is 1. The molecule has 0 atom stereocenters. The van der Waals surface area contributed by atoms with Gasteiger partial charge in [0.15, 0.2) is 0 Å². The lowest BCUT2D eigenvalue weighted by Crippen LogP contribution is -2.50. The summed E-state index contributed by atoms with van der Waals surface area (Å²) in [5.74, 6) is -0.327. The summed E-state index contributed by atoms with van der Waals surface area (Å²) in [6.07, 6.45) is 4.24. The molecule has 274 valence electrons. The van der Waals surface area contributed by atoms with Gasteiger partial charge in [0, 0.05) is 47.3 Å². The number of aromatic nitrogens is 2. The Morgan fingerprint density at radius 2 is 1.61 bits per heavy atom. The first kappa shape index (κ1) is 38.2. The molecule has 0 bridgehead atoms. The second kappa shape index (κ2) is 14.5. The summed E-state index contributed by atoms with van der Waals surface area (Å²) < 4.78 is 77.2. The molecular formula is C37H44ClF2N3O6SSi. The van der Waals surface area contributed by atoms with E-state index in [1.54, 1.807) is 49.4 Å². The number of aromatic hydroxyl groups is 1. The fourth-order valence-corrected chi connectivity index (χ4v) is 13.4. The predicted molar refractivity (Wildman–Crippen MR) is 202 cm³/mol. The monoisotopic (exact) mass is 759 g/mol. The van der Waals surface area contributed by atoms with E-state index in [1.807, 2.05) is 6.07 Å². The van der Waals surface area contributed by atoms with E-state index in [0.717, 1.165) is 17.9 Å². The van der Waals surface area contributed by atoms with E-state index in [4.69, 9.17) is 30.5 Å². The molecule has 2 aromatic heterocycles. The van der Waals surface area contributed by atoms with Gasteiger partial charge in [-0.2, -0.15) is 0 Å². The average Bonchev–Trinajstić information content (AvgIpc) is 3.37. The van der Waals surface area contributed by atoms with E-state index < -0.39 is 30.0 Å². The van der Waals surface area contributed by atoms with Crippen molar-refractivity contribution in [3.8, 4) is 23.1 Å². The van der Waals surface area contributed by atoms with E-state index in [0.29, 0.717) is 44.5 Å². The minimum absolute atomic E-state index is 0.00644. The van der Waals surface area contributed by atoms with E-state index in [1.165, 1.54) is 6.07 Å². The molecule has 5 rings (SSSR count). The molecule has 0 saturated carbocycles. The van der Waals surface area contributed by atoms with Gasteiger partial charge in [-0.3, -0.25) is 9.71 Å². The van der Waals surface area contributed by atoms with Crippen LogP contribution in [0.2, 0.25) is 21.6 Å². The van der Waals surface area contributed by atoms with Crippen molar-refractivity contribution in [3.63, 3.8) is 0 Å². The summed E-state index contributed by atoms with van der Waals surface area (Å²) in [6, 6.07) is 9.02. The van der Waals surface area contributed by atoms with Crippen molar-refractivity contribution >= 4 is 57.3 Å². The molecule has 14 heteroatoms. The molecule has 0 saturated heterocycles. The lowest BCUT2D eigenvalue weighted by Gasteiger charge is -2.42. The van der Waals surface area contributed by atoms with Crippen LogP contribution in [0.25, 0.3) is 21.7 Å². The second-order valence-corrected chi connectivity index (χ2v) is 21.4. The van der Waals surface area contributed by atoms with Crippen LogP contribution in [0.1, 0.15) is 58.2 Å². The van der Waals surface area contributed by atoms with E-state index >= 15 is 0 Å². The number of nitrogens with zero attached hydrogens (tertiary/aromatic N) is 2. The van der Waals surface area contributed by atoms with Crippen LogP contribution in [0.4, 0.5) is 14.5 Å². The van der Waals surface area contributed by atoms with Gasteiger partial charge in [0.05, 0.1) is 43.1 Å². The summed E-state index contributed by atoms with van der Waals surface area (Å²) in [7, 11) is -3.48. The minimum atomic E-state index is -3.87. The van der Waals surface area contributed by atoms with E-state index in [-0.39, 0.29) is 51.7 Å². The van der Waals surface area contributed by atoms with Crippen molar-refractivity contribution in [1.29, 1.82) is 0 Å². The summed E-state index contributed by atoms with van der Waals surface area (Å²) >= 11 is 5.99. The Labute approximate surface area is 303 Å². The van der Waals surface area contributed by atoms with Gasteiger partial charge in [-0.15, -0.1) is 0 Å². The van der Waals surface area contributed by atoms with Gasteiger partial charge in [0.2, 0.25) is 15.9 Å². The third-order valence-electron chi connectivity index (χ3n) is 9.57. The summed E-state index contributed by atoms with van der Waals surface area (Å²) in [5.41, 5.74) is 2.32. The molecule has 0 fully saturated rings. The van der Waals surface area contributed by atoms with Crippen LogP contribution < -0.4 is 18.6 Å². The molecule has 9 nitrogen and oxygen atoms in total. The van der Waals surface area contributed by atoms with Crippen LogP contribution in [0.5, 0.6) is 23.1 Å². The Bertz CT molecular complexity index is 2200. The molecule has 0 aliphatic rings. The zero-order valence-electron chi connectivity index (χ0n) is 30.2. The number of sulfonamides is 1. The van der Waals surface area contributed by atoms with Crippen molar-refractivity contribution in [1.82, 2.24) is 9.55 Å². The van der Waals surface area contributed by atoms with Crippen molar-refractivity contribution < 1.29 is 36.2 Å². The Balaban J connectivity index is 1.86. The number of fused-ring (bicyclic) bond motifs is 2. The Hall–Kier alpha value is -4.07. The van der Waals surface area contributed by atoms with Gasteiger partial charge in [0.25, 0.3) is 8.32 Å². The molecule has 0 radical (unpaired) electrons. The molecule has 3 aromatic carbocycles. The fourth-order valence-electron chi connectivity index (χ4n) is 7.33. The van der Waals surface area contributed by atoms with Crippen LogP contribution in [0.15, 0.2) is 48.8 Å². The van der Waals surface area contributed by atoms with Crippen molar-refractivity contribution in [2.75, 3.05) is 25.2 Å². The number of hydrogen-bond donors (Lipinski definition) is 2. The Morgan fingerprint density at radius 3 is 2.20 bits per heavy atom. The molecule has 0 aliphatic carbocycles. The molecule has 0 unspecified atom stereocenters. The van der Waals surface area contributed by atoms with Crippen molar-refractivity contribution in [2.45, 2.75) is 71.1 Å². The van der Waals surface area contributed by atoms with Gasteiger partial charge in [-0.1, -0.05) is 53.1 Å². The third kappa shape index (κ3) is 7.33. The zero-order chi connectivity index (χ0) is 37.6. The standard InChI is InChI=1S/C37H44ClF2N3O6SSi/c1-20(2)51(21(3)4,22(5)6)49-36-33-28(19-43(37(33)44)18-24-10-11-26(47-7)15-32(24)48-8)34(42-50(9,45)46)27-13-23(17-41-35(27)36)12-25-14-29(38)31(40)16-30(25)39/h10-11,13-17,19-22,42,44H,12,18H2,1-9H3. The van der Waals surface area contributed by atoms with Crippen molar-refractivity contribution in [3.05, 3.63) is 82.1 Å². The number of benzene rings is 3. The third-order valence-corrected chi connectivity index (χ3v) is 16.4. The largest absolute Gasteiger partial charge is 0.541 e. The fraction of sp³-hybridized carbons (Fsp3) is 0.378. The second-order valence-electron chi connectivity index (χ2n) is 13.8. The molecule has 0 amide bonds. The van der Waals surface area contributed by atoms with Gasteiger partial charge in [-0.25, -0.2) is 17.2 Å². The molecule has 0 aliphatic heterocycles. The van der Waals surface area contributed by atoms with Gasteiger partial charge in [0.1, 0.15) is 34.4 Å². The van der Waals surface area contributed by atoms with Gasteiger partial charge in [-0.05, 0) is 52.0 Å². The zero-order valence-corrected chi connectivity index (χ0v) is 32.8.